The van der Waals surface area contributed by atoms with Crippen molar-refractivity contribution >= 4 is 28.3 Å². The first kappa shape index (κ1) is 19.9. The Morgan fingerprint density at radius 2 is 1.81 bits per heavy atom. The number of carbonyl (C=O) groups is 2. The highest BCUT2D eigenvalue weighted by Crippen LogP contribution is 2.22. The predicted molar refractivity (Wildman–Crippen MR) is 94.9 cm³/mol. The molecule has 0 aliphatic carbocycles. The van der Waals surface area contributed by atoms with Gasteiger partial charge in [-0.15, -0.1) is 10.2 Å². The number of nitrogens with one attached hydrogen (secondary N) is 2. The third kappa shape index (κ3) is 5.55. The van der Waals surface area contributed by atoms with E-state index in [-0.39, 0.29) is 17.9 Å². The van der Waals surface area contributed by atoms with Gasteiger partial charge in [0, 0.05) is 12.0 Å². The van der Waals surface area contributed by atoms with E-state index < -0.39 is 29.5 Å². The molecule has 9 heteroatoms. The highest BCUT2D eigenvalue weighted by Gasteiger charge is 2.21. The fourth-order valence-corrected chi connectivity index (χ4v) is 2.96. The molecule has 0 saturated carbocycles. The number of carbonyl (C=O) groups excluding carboxylic acids is 2. The molecule has 0 bridgehead atoms. The summed E-state index contributed by atoms with van der Waals surface area (Å²) in [6.45, 7) is 5.68. The van der Waals surface area contributed by atoms with E-state index in [1.807, 2.05) is 13.8 Å². The number of benzene rings is 1. The first-order valence-electron chi connectivity index (χ1n) is 8.17. The number of halogens is 2. The second-order valence-corrected chi connectivity index (χ2v) is 7.08. The Balaban J connectivity index is 1.96. The van der Waals surface area contributed by atoms with Crippen molar-refractivity contribution in [3.63, 3.8) is 0 Å². The maximum absolute atomic E-state index is 13.2. The number of rotatable bonds is 7. The lowest BCUT2D eigenvalue weighted by molar-refractivity contribution is -0.126. The Hall–Kier alpha value is -2.42. The molecule has 2 aromatic rings. The molecule has 0 fully saturated rings. The summed E-state index contributed by atoms with van der Waals surface area (Å²) >= 11 is 1.27. The zero-order chi connectivity index (χ0) is 19.3. The van der Waals surface area contributed by atoms with Gasteiger partial charge in [0.15, 0.2) is 0 Å². The molecule has 0 saturated heterocycles. The van der Waals surface area contributed by atoms with Crippen LogP contribution in [0.15, 0.2) is 18.2 Å². The van der Waals surface area contributed by atoms with E-state index in [1.54, 1.807) is 6.92 Å². The summed E-state index contributed by atoms with van der Waals surface area (Å²) in [6.07, 6.45) is 0.125. The van der Waals surface area contributed by atoms with Crippen LogP contribution in [0.5, 0.6) is 0 Å². The van der Waals surface area contributed by atoms with Gasteiger partial charge in [-0.1, -0.05) is 32.1 Å². The first-order valence-corrected chi connectivity index (χ1v) is 8.98. The molecule has 0 radical (unpaired) electrons. The van der Waals surface area contributed by atoms with Crippen molar-refractivity contribution in [2.75, 3.05) is 5.32 Å². The summed E-state index contributed by atoms with van der Waals surface area (Å²) in [4.78, 5) is 24.4. The minimum absolute atomic E-state index is 0.195. The van der Waals surface area contributed by atoms with Gasteiger partial charge in [-0.25, -0.2) is 8.78 Å². The number of aromatic nitrogens is 2. The van der Waals surface area contributed by atoms with Crippen molar-refractivity contribution in [2.45, 2.75) is 45.6 Å². The summed E-state index contributed by atoms with van der Waals surface area (Å²) in [6, 6.07) is 2.11. The van der Waals surface area contributed by atoms with Crippen molar-refractivity contribution in [3.05, 3.63) is 40.4 Å². The molecule has 1 heterocycles. The number of anilines is 1. The van der Waals surface area contributed by atoms with Crippen LogP contribution in [0.2, 0.25) is 0 Å². The second-order valence-electron chi connectivity index (χ2n) is 6.07. The van der Waals surface area contributed by atoms with Crippen LogP contribution in [0, 0.1) is 11.6 Å². The quantitative estimate of drug-likeness (QED) is 0.771. The number of amides is 2. The number of hydrogen-bond donors (Lipinski definition) is 2. The lowest BCUT2D eigenvalue weighted by Crippen LogP contribution is -2.44. The van der Waals surface area contributed by atoms with Gasteiger partial charge >= 0.3 is 0 Å². The van der Waals surface area contributed by atoms with Gasteiger partial charge in [0.1, 0.15) is 22.7 Å². The monoisotopic (exact) mass is 382 g/mol. The normalized spacial score (nSPS) is 12.1. The smallest absolute Gasteiger partial charge is 0.248 e. The van der Waals surface area contributed by atoms with Gasteiger partial charge in [-0.05, 0) is 24.1 Å². The fourth-order valence-electron chi connectivity index (χ4n) is 2.21. The molecule has 1 aromatic heterocycles. The number of nitrogens with zero attached hydrogens (tertiary/aromatic N) is 2. The summed E-state index contributed by atoms with van der Waals surface area (Å²) in [5.41, 5.74) is 0.195. The second kappa shape index (κ2) is 8.79. The molecule has 2 rings (SSSR count). The summed E-state index contributed by atoms with van der Waals surface area (Å²) in [7, 11) is 0. The Labute approximate surface area is 154 Å². The summed E-state index contributed by atoms with van der Waals surface area (Å²) < 4.78 is 26.4. The van der Waals surface area contributed by atoms with Crippen molar-refractivity contribution < 1.29 is 18.4 Å². The van der Waals surface area contributed by atoms with E-state index in [0.717, 1.165) is 23.2 Å². The van der Waals surface area contributed by atoms with Crippen LogP contribution in [0.3, 0.4) is 0 Å². The van der Waals surface area contributed by atoms with Gasteiger partial charge in [-0.2, -0.15) is 0 Å². The Morgan fingerprint density at radius 3 is 2.35 bits per heavy atom. The lowest BCUT2D eigenvalue weighted by atomic mass is 10.1. The largest absolute Gasteiger partial charge is 0.344 e. The Kier molecular flexibility index (Phi) is 6.73. The third-order valence-electron chi connectivity index (χ3n) is 3.51. The van der Waals surface area contributed by atoms with E-state index >= 15 is 0 Å². The maximum atomic E-state index is 13.2. The standard InChI is InChI=1S/C17H20F2N4O2S/c1-4-13(15(25)21-17-23-22-16(26-17)9(2)3)20-14(24)7-10-5-11(18)8-12(19)6-10/h5-6,8-9,13H,4,7H2,1-3H3,(H,20,24)(H,21,23,25). The molecule has 0 spiro atoms. The number of hydrogen-bond acceptors (Lipinski definition) is 5. The van der Waals surface area contributed by atoms with E-state index in [2.05, 4.69) is 20.8 Å². The zero-order valence-corrected chi connectivity index (χ0v) is 15.5. The molecular formula is C17H20F2N4O2S. The summed E-state index contributed by atoms with van der Waals surface area (Å²) in [5.74, 6) is -2.23. The molecule has 6 nitrogen and oxygen atoms in total. The van der Waals surface area contributed by atoms with Gasteiger partial charge in [0.05, 0.1) is 6.42 Å². The van der Waals surface area contributed by atoms with Crippen molar-refractivity contribution in [1.29, 1.82) is 0 Å². The average Bonchev–Trinajstić information content (AvgIpc) is 3.00. The predicted octanol–water partition coefficient (Wildman–Crippen LogP) is 3.02. The molecule has 0 aliphatic heterocycles. The maximum Gasteiger partial charge on any atom is 0.248 e. The molecule has 2 N–H and O–H groups in total. The Bertz CT molecular complexity index is 775. The van der Waals surface area contributed by atoms with Gasteiger partial charge in [0.2, 0.25) is 16.9 Å². The highest BCUT2D eigenvalue weighted by molar-refractivity contribution is 7.15. The van der Waals surface area contributed by atoms with Crippen molar-refractivity contribution in [3.8, 4) is 0 Å². The van der Waals surface area contributed by atoms with Crippen molar-refractivity contribution in [1.82, 2.24) is 15.5 Å². The first-order chi connectivity index (χ1) is 12.3. The van der Waals surface area contributed by atoms with Gasteiger partial charge in [0.25, 0.3) is 0 Å². The van der Waals surface area contributed by atoms with E-state index in [0.29, 0.717) is 11.6 Å². The summed E-state index contributed by atoms with van der Waals surface area (Å²) in [5, 5.41) is 14.2. The van der Waals surface area contributed by atoms with Gasteiger partial charge in [-0.3, -0.25) is 14.9 Å². The minimum atomic E-state index is -0.785. The van der Waals surface area contributed by atoms with Gasteiger partial charge < -0.3 is 5.32 Å². The lowest BCUT2D eigenvalue weighted by Gasteiger charge is -2.15. The molecule has 1 unspecified atom stereocenters. The van der Waals surface area contributed by atoms with Crippen LogP contribution in [0.25, 0.3) is 0 Å². The van der Waals surface area contributed by atoms with E-state index in [9.17, 15) is 18.4 Å². The Morgan fingerprint density at radius 1 is 1.15 bits per heavy atom. The molecule has 0 aliphatic rings. The van der Waals surface area contributed by atoms with Crippen molar-refractivity contribution in [2.24, 2.45) is 0 Å². The molecule has 26 heavy (non-hydrogen) atoms. The topological polar surface area (TPSA) is 84.0 Å². The zero-order valence-electron chi connectivity index (χ0n) is 14.7. The molecule has 1 atom stereocenters. The fraction of sp³-hybridized carbons (Fsp3) is 0.412. The van der Waals surface area contributed by atoms with Crippen LogP contribution < -0.4 is 10.6 Å². The molecular weight excluding hydrogens is 362 g/mol. The molecule has 2 amide bonds. The average molecular weight is 382 g/mol. The minimum Gasteiger partial charge on any atom is -0.344 e. The van der Waals surface area contributed by atoms with Crippen LogP contribution >= 0.6 is 11.3 Å². The van der Waals surface area contributed by atoms with Crippen LogP contribution in [-0.2, 0) is 16.0 Å². The van der Waals surface area contributed by atoms with E-state index in [1.165, 1.54) is 11.3 Å². The highest BCUT2D eigenvalue weighted by atomic mass is 32.1. The molecule has 1 aromatic carbocycles. The van der Waals surface area contributed by atoms with Crippen LogP contribution in [-0.4, -0.2) is 28.1 Å². The van der Waals surface area contributed by atoms with Crippen LogP contribution in [0.4, 0.5) is 13.9 Å². The van der Waals surface area contributed by atoms with E-state index in [4.69, 9.17) is 0 Å². The molecule has 140 valence electrons. The third-order valence-corrected chi connectivity index (χ3v) is 4.65. The van der Waals surface area contributed by atoms with Crippen LogP contribution in [0.1, 0.15) is 43.7 Å². The SMILES string of the molecule is CCC(NC(=O)Cc1cc(F)cc(F)c1)C(=O)Nc1nnc(C(C)C)s1.